The van der Waals surface area contributed by atoms with Crippen molar-refractivity contribution >= 4 is 11.7 Å². The first-order valence-corrected chi connectivity index (χ1v) is 6.10. The number of benzene rings is 1. The molecule has 0 bridgehead atoms. The summed E-state index contributed by atoms with van der Waals surface area (Å²) in [6.45, 7) is 1.74. The zero-order valence-corrected chi connectivity index (χ0v) is 11.0. The number of halogens is 1. The summed E-state index contributed by atoms with van der Waals surface area (Å²) < 4.78 is 12.8. The molecule has 2 aromatic rings. The van der Waals surface area contributed by atoms with Gasteiger partial charge < -0.3 is 5.32 Å². The maximum atomic E-state index is 12.8. The summed E-state index contributed by atoms with van der Waals surface area (Å²) >= 11 is 0. The molecule has 1 amide bonds. The number of carbonyl (C=O) groups excluding carboxylic acids is 1. The van der Waals surface area contributed by atoms with E-state index in [4.69, 9.17) is 0 Å². The normalized spacial score (nSPS) is 9.50. The number of carbonyl (C=O) groups is 1. The SMILES string of the molecule is CC#Cc1ccnc(NC(=O)Cc2ccc(F)cc2)c1. The van der Waals surface area contributed by atoms with Crippen molar-refractivity contribution in [3.63, 3.8) is 0 Å². The largest absolute Gasteiger partial charge is 0.310 e. The minimum atomic E-state index is -0.318. The van der Waals surface area contributed by atoms with Crippen LogP contribution in [0.5, 0.6) is 0 Å². The topological polar surface area (TPSA) is 42.0 Å². The summed E-state index contributed by atoms with van der Waals surface area (Å²) in [4.78, 5) is 15.9. The van der Waals surface area contributed by atoms with E-state index in [1.54, 1.807) is 37.4 Å². The van der Waals surface area contributed by atoms with Crippen molar-refractivity contribution in [2.75, 3.05) is 5.32 Å². The fraction of sp³-hybridized carbons (Fsp3) is 0.125. The first-order valence-electron chi connectivity index (χ1n) is 6.10. The highest BCUT2D eigenvalue weighted by atomic mass is 19.1. The van der Waals surface area contributed by atoms with Gasteiger partial charge in [-0.05, 0) is 36.8 Å². The van der Waals surface area contributed by atoms with Gasteiger partial charge in [0.05, 0.1) is 6.42 Å². The Kier molecular flexibility index (Phi) is 4.46. The molecule has 0 aliphatic carbocycles. The molecule has 0 fully saturated rings. The molecule has 0 saturated heterocycles. The first-order chi connectivity index (χ1) is 9.67. The number of hydrogen-bond donors (Lipinski definition) is 1. The molecule has 1 heterocycles. The number of nitrogens with zero attached hydrogens (tertiary/aromatic N) is 1. The van der Waals surface area contributed by atoms with Crippen LogP contribution in [0.3, 0.4) is 0 Å². The summed E-state index contributed by atoms with van der Waals surface area (Å²) in [5, 5.41) is 2.69. The van der Waals surface area contributed by atoms with Gasteiger partial charge in [-0.3, -0.25) is 4.79 Å². The smallest absolute Gasteiger partial charge is 0.229 e. The molecule has 2 rings (SSSR count). The number of rotatable bonds is 3. The first kappa shape index (κ1) is 13.8. The van der Waals surface area contributed by atoms with Crippen molar-refractivity contribution in [3.8, 4) is 11.8 Å². The second-order valence-electron chi connectivity index (χ2n) is 4.16. The maximum Gasteiger partial charge on any atom is 0.229 e. The molecule has 0 aliphatic heterocycles. The highest BCUT2D eigenvalue weighted by Crippen LogP contribution is 2.08. The van der Waals surface area contributed by atoms with Crippen molar-refractivity contribution in [1.29, 1.82) is 0 Å². The monoisotopic (exact) mass is 268 g/mol. The Hall–Kier alpha value is -2.67. The van der Waals surface area contributed by atoms with Crippen LogP contribution in [-0.4, -0.2) is 10.9 Å². The number of pyridine rings is 1. The van der Waals surface area contributed by atoms with Gasteiger partial charge in [0.1, 0.15) is 11.6 Å². The van der Waals surface area contributed by atoms with Crippen LogP contribution in [0.2, 0.25) is 0 Å². The van der Waals surface area contributed by atoms with E-state index in [1.165, 1.54) is 12.1 Å². The quantitative estimate of drug-likeness (QED) is 0.870. The van der Waals surface area contributed by atoms with Crippen LogP contribution >= 0.6 is 0 Å². The van der Waals surface area contributed by atoms with Gasteiger partial charge >= 0.3 is 0 Å². The fourth-order valence-corrected chi connectivity index (χ4v) is 1.70. The molecule has 3 nitrogen and oxygen atoms in total. The molecule has 100 valence electrons. The highest BCUT2D eigenvalue weighted by molar-refractivity contribution is 5.91. The van der Waals surface area contributed by atoms with Crippen LogP contribution < -0.4 is 5.32 Å². The number of nitrogens with one attached hydrogen (secondary N) is 1. The van der Waals surface area contributed by atoms with E-state index in [1.807, 2.05) is 0 Å². The van der Waals surface area contributed by atoms with E-state index >= 15 is 0 Å². The summed E-state index contributed by atoms with van der Waals surface area (Å²) in [6, 6.07) is 9.31. The zero-order chi connectivity index (χ0) is 14.4. The summed E-state index contributed by atoms with van der Waals surface area (Å²) in [5.41, 5.74) is 1.54. The molecule has 1 aromatic heterocycles. The number of anilines is 1. The van der Waals surface area contributed by atoms with E-state index in [2.05, 4.69) is 22.1 Å². The van der Waals surface area contributed by atoms with Crippen LogP contribution in [0.15, 0.2) is 42.6 Å². The predicted octanol–water partition coefficient (Wildman–Crippen LogP) is 2.77. The van der Waals surface area contributed by atoms with Crippen molar-refractivity contribution < 1.29 is 9.18 Å². The van der Waals surface area contributed by atoms with Crippen LogP contribution in [0.4, 0.5) is 10.2 Å². The van der Waals surface area contributed by atoms with Crippen LogP contribution in [-0.2, 0) is 11.2 Å². The standard InChI is InChI=1S/C16H13FN2O/c1-2-3-12-8-9-18-15(10-12)19-16(20)11-13-4-6-14(17)7-5-13/h4-10H,11H2,1H3,(H,18,19,20). The summed E-state index contributed by atoms with van der Waals surface area (Å²) in [6.07, 6.45) is 1.76. The van der Waals surface area contributed by atoms with Crippen molar-refractivity contribution in [3.05, 3.63) is 59.5 Å². The Morgan fingerprint density at radius 3 is 2.75 bits per heavy atom. The van der Waals surface area contributed by atoms with Gasteiger partial charge in [-0.15, -0.1) is 5.92 Å². The van der Waals surface area contributed by atoms with E-state index < -0.39 is 0 Å². The zero-order valence-electron chi connectivity index (χ0n) is 11.0. The number of hydrogen-bond acceptors (Lipinski definition) is 2. The Bertz CT molecular complexity index is 669. The van der Waals surface area contributed by atoms with Gasteiger partial charge in [0.2, 0.25) is 5.91 Å². The second kappa shape index (κ2) is 6.48. The van der Waals surface area contributed by atoms with Crippen molar-refractivity contribution in [2.45, 2.75) is 13.3 Å². The van der Waals surface area contributed by atoms with Gasteiger partial charge in [0.25, 0.3) is 0 Å². The second-order valence-corrected chi connectivity index (χ2v) is 4.16. The fourth-order valence-electron chi connectivity index (χ4n) is 1.70. The molecule has 0 aliphatic rings. The highest BCUT2D eigenvalue weighted by Gasteiger charge is 2.05. The molecule has 4 heteroatoms. The molecule has 20 heavy (non-hydrogen) atoms. The predicted molar refractivity (Wildman–Crippen MR) is 75.5 cm³/mol. The van der Waals surface area contributed by atoms with Crippen LogP contribution in [0.1, 0.15) is 18.1 Å². The molecule has 1 N–H and O–H groups in total. The molecule has 0 radical (unpaired) electrons. The lowest BCUT2D eigenvalue weighted by molar-refractivity contribution is -0.115. The number of aromatic nitrogens is 1. The average Bonchev–Trinajstić information content (AvgIpc) is 2.42. The molecule has 1 aromatic carbocycles. The Balaban J connectivity index is 2.02. The minimum absolute atomic E-state index is 0.172. The Morgan fingerprint density at radius 2 is 2.05 bits per heavy atom. The van der Waals surface area contributed by atoms with Gasteiger partial charge in [0, 0.05) is 11.8 Å². The summed E-state index contributed by atoms with van der Waals surface area (Å²) in [7, 11) is 0. The van der Waals surface area contributed by atoms with Gasteiger partial charge in [0.15, 0.2) is 0 Å². The average molecular weight is 268 g/mol. The van der Waals surface area contributed by atoms with E-state index in [0.717, 1.165) is 11.1 Å². The third kappa shape index (κ3) is 3.92. The number of amides is 1. The third-order valence-electron chi connectivity index (χ3n) is 2.57. The molecule has 0 unspecified atom stereocenters. The lowest BCUT2D eigenvalue weighted by Gasteiger charge is -2.05. The molecular weight excluding hydrogens is 255 g/mol. The summed E-state index contributed by atoms with van der Waals surface area (Å²) in [5.74, 6) is 5.61. The lowest BCUT2D eigenvalue weighted by Crippen LogP contribution is -2.15. The van der Waals surface area contributed by atoms with Crippen molar-refractivity contribution in [1.82, 2.24) is 4.98 Å². The lowest BCUT2D eigenvalue weighted by atomic mass is 10.1. The van der Waals surface area contributed by atoms with Gasteiger partial charge in [-0.2, -0.15) is 0 Å². The Morgan fingerprint density at radius 1 is 1.30 bits per heavy atom. The van der Waals surface area contributed by atoms with Crippen LogP contribution in [0, 0.1) is 17.7 Å². The Labute approximate surface area is 116 Å². The molecule has 0 atom stereocenters. The van der Waals surface area contributed by atoms with Gasteiger partial charge in [-0.1, -0.05) is 18.1 Å². The van der Waals surface area contributed by atoms with E-state index in [-0.39, 0.29) is 18.1 Å². The molecule has 0 saturated carbocycles. The third-order valence-corrected chi connectivity index (χ3v) is 2.57. The van der Waals surface area contributed by atoms with E-state index in [0.29, 0.717) is 5.82 Å². The molecule has 0 spiro atoms. The molecular formula is C16H13FN2O. The van der Waals surface area contributed by atoms with E-state index in [9.17, 15) is 9.18 Å². The van der Waals surface area contributed by atoms with Gasteiger partial charge in [-0.25, -0.2) is 9.37 Å². The maximum absolute atomic E-state index is 12.8. The minimum Gasteiger partial charge on any atom is -0.310 e. The van der Waals surface area contributed by atoms with Crippen LogP contribution in [0.25, 0.3) is 0 Å². The van der Waals surface area contributed by atoms with Crippen molar-refractivity contribution in [2.24, 2.45) is 0 Å².